The molecule has 3 aromatic rings. The molecule has 32 heavy (non-hydrogen) atoms. The zero-order valence-corrected chi connectivity index (χ0v) is 17.9. The van der Waals surface area contributed by atoms with E-state index in [1.165, 1.54) is 5.69 Å². The number of hydrogen-bond donors (Lipinski definition) is 1. The van der Waals surface area contributed by atoms with Gasteiger partial charge in [-0.3, -0.25) is 0 Å². The Morgan fingerprint density at radius 1 is 1.19 bits per heavy atom. The molecule has 3 aromatic heterocycles. The Morgan fingerprint density at radius 2 is 2.09 bits per heavy atom. The van der Waals surface area contributed by atoms with E-state index in [4.69, 9.17) is 9.47 Å². The summed E-state index contributed by atoms with van der Waals surface area (Å²) in [7, 11) is 0. The molecule has 0 unspecified atom stereocenters. The van der Waals surface area contributed by atoms with Crippen LogP contribution in [0, 0.1) is 16.7 Å². The number of ether oxygens (including phenoxy) is 2. The maximum Gasteiger partial charge on any atom is 0.236 e. The zero-order chi connectivity index (χ0) is 21.5. The van der Waals surface area contributed by atoms with Crippen molar-refractivity contribution in [3.05, 3.63) is 48.0 Å². The number of nitriles is 1. The van der Waals surface area contributed by atoms with Gasteiger partial charge in [0.1, 0.15) is 23.4 Å². The van der Waals surface area contributed by atoms with E-state index in [-0.39, 0.29) is 12.1 Å². The Labute approximate surface area is 186 Å². The number of hydrogen-bond acceptors (Lipinski definition) is 7. The van der Waals surface area contributed by atoms with Gasteiger partial charge in [-0.2, -0.15) is 10.2 Å². The van der Waals surface area contributed by atoms with Crippen molar-refractivity contribution in [2.75, 3.05) is 18.5 Å². The molecule has 4 heterocycles. The molecule has 0 amide bonds. The second kappa shape index (κ2) is 7.75. The number of anilines is 1. The van der Waals surface area contributed by atoms with Gasteiger partial charge in [-0.05, 0) is 44.2 Å². The first-order valence-electron chi connectivity index (χ1n) is 11.4. The quantitative estimate of drug-likeness (QED) is 0.659. The van der Waals surface area contributed by atoms with E-state index in [0.717, 1.165) is 57.4 Å². The largest absolute Gasteiger partial charge is 0.473 e. The Bertz CT molecular complexity index is 1170. The third kappa shape index (κ3) is 3.47. The van der Waals surface area contributed by atoms with Crippen LogP contribution in [-0.2, 0) is 4.74 Å². The van der Waals surface area contributed by atoms with Crippen molar-refractivity contribution in [1.29, 1.82) is 5.26 Å². The molecule has 164 valence electrons. The second-order valence-electron chi connectivity index (χ2n) is 9.48. The summed E-state index contributed by atoms with van der Waals surface area (Å²) < 4.78 is 13.6. The molecule has 0 aromatic carbocycles. The average Bonchev–Trinajstić information content (AvgIpc) is 3.19. The van der Waals surface area contributed by atoms with Crippen molar-refractivity contribution >= 4 is 11.6 Å². The topological polar surface area (TPSA) is 97.4 Å². The number of fused-ring (bicyclic) bond motifs is 1. The van der Waals surface area contributed by atoms with Gasteiger partial charge in [-0.15, -0.1) is 0 Å². The van der Waals surface area contributed by atoms with Gasteiger partial charge in [-0.25, -0.2) is 9.97 Å². The number of rotatable bonds is 5. The molecule has 0 radical (unpaired) electrons. The Hall–Kier alpha value is -3.18. The van der Waals surface area contributed by atoms with E-state index in [2.05, 4.69) is 36.9 Å². The highest BCUT2D eigenvalue weighted by Gasteiger charge is 2.51. The minimum Gasteiger partial charge on any atom is -0.473 e. The zero-order valence-electron chi connectivity index (χ0n) is 17.9. The summed E-state index contributed by atoms with van der Waals surface area (Å²) in [6, 6.07) is 8.53. The van der Waals surface area contributed by atoms with E-state index in [0.29, 0.717) is 28.7 Å². The third-order valence-electron chi connectivity index (χ3n) is 7.16. The number of imidazole rings is 1. The third-order valence-corrected chi connectivity index (χ3v) is 7.16. The highest BCUT2D eigenvalue weighted by Crippen LogP contribution is 2.48. The van der Waals surface area contributed by atoms with Gasteiger partial charge in [0.15, 0.2) is 0 Å². The first-order valence-corrected chi connectivity index (χ1v) is 11.4. The van der Waals surface area contributed by atoms with Crippen LogP contribution < -0.4 is 10.1 Å². The van der Waals surface area contributed by atoms with Crippen LogP contribution in [0.15, 0.2) is 36.8 Å². The Kier molecular flexibility index (Phi) is 4.72. The van der Waals surface area contributed by atoms with Crippen molar-refractivity contribution in [1.82, 2.24) is 19.4 Å². The maximum absolute atomic E-state index is 9.46. The fraction of sp³-hybridized carbons (Fsp3) is 0.500. The lowest BCUT2D eigenvalue weighted by Gasteiger charge is -2.52. The van der Waals surface area contributed by atoms with Crippen molar-refractivity contribution < 1.29 is 9.47 Å². The van der Waals surface area contributed by atoms with Crippen LogP contribution >= 0.6 is 0 Å². The highest BCUT2D eigenvalue weighted by molar-refractivity contribution is 5.42. The summed E-state index contributed by atoms with van der Waals surface area (Å²) in [5.74, 6) is 1.35. The molecular formula is C24H26N6O2. The molecule has 3 aliphatic rings. The van der Waals surface area contributed by atoms with Gasteiger partial charge in [0.2, 0.25) is 11.8 Å². The van der Waals surface area contributed by atoms with Gasteiger partial charge in [0, 0.05) is 35.5 Å². The summed E-state index contributed by atoms with van der Waals surface area (Å²) in [5.41, 5.74) is 2.94. The van der Waals surface area contributed by atoms with Crippen LogP contribution in [0.3, 0.4) is 0 Å². The lowest BCUT2D eigenvalue weighted by molar-refractivity contribution is -0.191. The molecule has 2 aliphatic carbocycles. The molecule has 2 saturated carbocycles. The minimum absolute atomic E-state index is 0.1000. The first-order chi connectivity index (χ1) is 15.7. The van der Waals surface area contributed by atoms with E-state index >= 15 is 0 Å². The fourth-order valence-electron chi connectivity index (χ4n) is 5.40. The fourth-order valence-corrected chi connectivity index (χ4v) is 5.40. The van der Waals surface area contributed by atoms with E-state index in [9.17, 15) is 5.26 Å². The normalized spacial score (nSPS) is 24.5. The van der Waals surface area contributed by atoms with Crippen molar-refractivity contribution in [3.63, 3.8) is 0 Å². The van der Waals surface area contributed by atoms with Crippen molar-refractivity contribution in [2.24, 2.45) is 5.41 Å². The van der Waals surface area contributed by atoms with Gasteiger partial charge in [0.05, 0.1) is 19.4 Å². The standard InChI is InChI=1S/C24H26N6O2/c25-11-17-12-27-23(29-22(17)32-19-9-24(10-19)14-31-15-24)28-18-5-3-4-16(8-18)20-13-26-21-6-1-2-7-30(20)21/h1-2,6-7,12-13,16,18-19H,3-5,8-10,14-15H2,(H,27,28,29)/t16-,18+/m0/s1. The van der Waals surface area contributed by atoms with Crippen molar-refractivity contribution in [2.45, 2.75) is 56.6 Å². The van der Waals surface area contributed by atoms with Gasteiger partial charge in [0.25, 0.3) is 0 Å². The monoisotopic (exact) mass is 430 g/mol. The molecule has 1 aliphatic heterocycles. The van der Waals surface area contributed by atoms with Gasteiger partial charge in [-0.1, -0.05) is 12.5 Å². The summed E-state index contributed by atoms with van der Waals surface area (Å²) in [4.78, 5) is 13.5. The second-order valence-corrected chi connectivity index (χ2v) is 9.48. The lowest BCUT2D eigenvalue weighted by Crippen LogP contribution is -2.56. The van der Waals surface area contributed by atoms with E-state index < -0.39 is 0 Å². The highest BCUT2D eigenvalue weighted by atomic mass is 16.5. The number of nitrogens with zero attached hydrogens (tertiary/aromatic N) is 5. The molecule has 1 N–H and O–H groups in total. The molecular weight excluding hydrogens is 404 g/mol. The number of nitrogens with one attached hydrogen (secondary N) is 1. The first kappa shape index (κ1) is 19.5. The summed E-state index contributed by atoms with van der Waals surface area (Å²) in [6.45, 7) is 1.65. The smallest absolute Gasteiger partial charge is 0.236 e. The SMILES string of the molecule is N#Cc1cnc(N[C@@H]2CCC[C@H](c3cnc4ccccn34)C2)nc1OC1CC2(COC2)C1. The Morgan fingerprint density at radius 3 is 2.91 bits per heavy atom. The molecule has 2 atom stereocenters. The van der Waals surface area contributed by atoms with E-state index in [1.807, 2.05) is 24.4 Å². The van der Waals surface area contributed by atoms with Crippen LogP contribution in [-0.4, -0.2) is 44.7 Å². The van der Waals surface area contributed by atoms with Crippen LogP contribution in [0.1, 0.15) is 55.7 Å². The molecule has 3 fully saturated rings. The van der Waals surface area contributed by atoms with Crippen LogP contribution in [0.5, 0.6) is 5.88 Å². The van der Waals surface area contributed by atoms with E-state index in [1.54, 1.807) is 6.20 Å². The Balaban J connectivity index is 1.15. The van der Waals surface area contributed by atoms with Crippen LogP contribution in [0.4, 0.5) is 5.95 Å². The maximum atomic E-state index is 9.46. The summed E-state index contributed by atoms with van der Waals surface area (Å²) in [5, 5.41) is 13.0. The van der Waals surface area contributed by atoms with Gasteiger partial charge < -0.3 is 19.2 Å². The lowest BCUT2D eigenvalue weighted by atomic mass is 9.65. The predicted octanol–water partition coefficient (Wildman–Crippen LogP) is 3.69. The summed E-state index contributed by atoms with van der Waals surface area (Å²) >= 11 is 0. The van der Waals surface area contributed by atoms with Gasteiger partial charge >= 0.3 is 0 Å². The van der Waals surface area contributed by atoms with Crippen molar-refractivity contribution in [3.8, 4) is 11.9 Å². The molecule has 6 rings (SSSR count). The molecule has 8 nitrogen and oxygen atoms in total. The minimum atomic E-state index is 0.1000. The number of aromatic nitrogens is 4. The number of pyridine rings is 1. The molecule has 1 saturated heterocycles. The molecule has 1 spiro atoms. The average molecular weight is 431 g/mol. The summed E-state index contributed by atoms with van der Waals surface area (Å²) in [6.07, 6.45) is 12.0. The van der Waals surface area contributed by atoms with Crippen LogP contribution in [0.25, 0.3) is 5.65 Å². The molecule has 0 bridgehead atoms. The molecule has 8 heteroatoms. The van der Waals surface area contributed by atoms with Crippen LogP contribution in [0.2, 0.25) is 0 Å². The predicted molar refractivity (Wildman–Crippen MR) is 117 cm³/mol.